The van der Waals surface area contributed by atoms with Crippen LogP contribution in [0.4, 0.5) is 0 Å². The Balaban J connectivity index is 2.36. The van der Waals surface area contributed by atoms with Crippen molar-refractivity contribution in [2.75, 3.05) is 0 Å². The van der Waals surface area contributed by atoms with Crippen LogP contribution in [0.1, 0.15) is 25.3 Å². The predicted molar refractivity (Wildman–Crippen MR) is 74.3 cm³/mol. The number of nitrogens with one attached hydrogen (secondary N) is 1. The van der Waals surface area contributed by atoms with Crippen LogP contribution in [0.2, 0.25) is 0 Å². The van der Waals surface area contributed by atoms with E-state index in [0.29, 0.717) is 6.42 Å². The third kappa shape index (κ3) is 5.71. The lowest BCUT2D eigenvalue weighted by Gasteiger charge is -2.16. The second-order valence-electron chi connectivity index (χ2n) is 4.82. The summed E-state index contributed by atoms with van der Waals surface area (Å²) < 4.78 is 0. The Hall–Kier alpha value is -2.08. The molecule has 0 radical (unpaired) electrons. The van der Waals surface area contributed by atoms with Crippen LogP contribution in [0.3, 0.4) is 0 Å². The molecular weight excluding hydrogens is 260 g/mol. The lowest BCUT2D eigenvalue weighted by Crippen LogP contribution is -2.45. The van der Waals surface area contributed by atoms with Gasteiger partial charge in [0.25, 0.3) is 0 Å². The number of carbonyl (C=O) groups is 2. The number of carbonyl (C=O) groups excluding carboxylic acids is 1. The number of benzene rings is 1. The maximum atomic E-state index is 11.6. The Bertz CT molecular complexity index is 459. The monoisotopic (exact) mass is 280 g/mol. The van der Waals surface area contributed by atoms with Gasteiger partial charge in [-0.05, 0) is 37.5 Å². The van der Waals surface area contributed by atoms with E-state index in [1.54, 1.807) is 12.1 Å². The summed E-state index contributed by atoms with van der Waals surface area (Å²) in [5.74, 6) is -1.33. The molecule has 6 heteroatoms. The summed E-state index contributed by atoms with van der Waals surface area (Å²) in [7, 11) is 0. The van der Waals surface area contributed by atoms with Crippen molar-refractivity contribution in [3.8, 4) is 5.75 Å². The number of rotatable bonds is 7. The summed E-state index contributed by atoms with van der Waals surface area (Å²) in [6.45, 7) is 1.84. The van der Waals surface area contributed by atoms with E-state index in [4.69, 9.17) is 15.9 Å². The number of phenols is 1. The van der Waals surface area contributed by atoms with Gasteiger partial charge in [-0.15, -0.1) is 0 Å². The predicted octanol–water partition coefficient (Wildman–Crippen LogP) is 0.631. The van der Waals surface area contributed by atoms with Crippen molar-refractivity contribution in [2.45, 2.75) is 38.3 Å². The molecule has 1 rings (SSSR count). The van der Waals surface area contributed by atoms with Crippen molar-refractivity contribution in [3.63, 3.8) is 0 Å². The Kier molecular flexibility index (Phi) is 5.99. The summed E-state index contributed by atoms with van der Waals surface area (Å²) in [6.07, 6.45) is 1.07. The molecule has 0 saturated heterocycles. The Morgan fingerprint density at radius 2 is 1.90 bits per heavy atom. The quantitative estimate of drug-likeness (QED) is 0.585. The van der Waals surface area contributed by atoms with Crippen molar-refractivity contribution in [1.82, 2.24) is 5.32 Å². The summed E-state index contributed by atoms with van der Waals surface area (Å²) in [4.78, 5) is 22.1. The van der Waals surface area contributed by atoms with Crippen LogP contribution in [0.25, 0.3) is 0 Å². The van der Waals surface area contributed by atoms with Crippen LogP contribution in [-0.4, -0.2) is 34.2 Å². The third-order valence-corrected chi connectivity index (χ3v) is 2.92. The van der Waals surface area contributed by atoms with Crippen molar-refractivity contribution in [2.24, 2.45) is 5.73 Å². The van der Waals surface area contributed by atoms with E-state index < -0.39 is 17.9 Å². The summed E-state index contributed by atoms with van der Waals surface area (Å²) in [6, 6.07) is 5.74. The van der Waals surface area contributed by atoms with Gasteiger partial charge in [0.05, 0.1) is 12.5 Å². The normalized spacial score (nSPS) is 13.5. The molecule has 0 aliphatic rings. The van der Waals surface area contributed by atoms with E-state index in [0.717, 1.165) is 12.0 Å². The summed E-state index contributed by atoms with van der Waals surface area (Å²) >= 11 is 0. The van der Waals surface area contributed by atoms with Crippen LogP contribution in [-0.2, 0) is 16.0 Å². The number of hydrogen-bond acceptors (Lipinski definition) is 4. The zero-order valence-corrected chi connectivity index (χ0v) is 11.4. The molecule has 0 heterocycles. The molecular formula is C14H20N2O4. The van der Waals surface area contributed by atoms with E-state index >= 15 is 0 Å². The van der Waals surface area contributed by atoms with Crippen LogP contribution in [0.15, 0.2) is 24.3 Å². The standard InChI is InChI=1S/C14H20N2O4/c1-9(16-14(20)12(15)8-13(18)19)2-3-10-4-6-11(17)7-5-10/h4-7,9,12,17H,2-3,8,15H2,1H3,(H,16,20)(H,18,19). The molecule has 5 N–H and O–H groups in total. The molecule has 6 nitrogen and oxygen atoms in total. The topological polar surface area (TPSA) is 113 Å². The molecule has 110 valence electrons. The van der Waals surface area contributed by atoms with E-state index in [9.17, 15) is 9.59 Å². The molecule has 0 aromatic heterocycles. The fraction of sp³-hybridized carbons (Fsp3) is 0.429. The maximum Gasteiger partial charge on any atom is 0.305 e. The maximum absolute atomic E-state index is 11.6. The van der Waals surface area contributed by atoms with Gasteiger partial charge in [-0.1, -0.05) is 12.1 Å². The first-order chi connectivity index (χ1) is 9.38. The van der Waals surface area contributed by atoms with Gasteiger partial charge in [0.1, 0.15) is 5.75 Å². The van der Waals surface area contributed by atoms with E-state index in [1.807, 2.05) is 19.1 Å². The zero-order chi connectivity index (χ0) is 15.1. The van der Waals surface area contributed by atoms with Gasteiger partial charge in [-0.25, -0.2) is 0 Å². The van der Waals surface area contributed by atoms with Crippen molar-refractivity contribution in [1.29, 1.82) is 0 Å². The number of nitrogens with two attached hydrogens (primary N) is 1. The van der Waals surface area contributed by atoms with Crippen LogP contribution < -0.4 is 11.1 Å². The molecule has 0 bridgehead atoms. The minimum Gasteiger partial charge on any atom is -0.508 e. The number of amides is 1. The van der Waals surface area contributed by atoms with Gasteiger partial charge in [-0.3, -0.25) is 9.59 Å². The molecule has 2 atom stereocenters. The molecule has 1 aromatic rings. The highest BCUT2D eigenvalue weighted by Crippen LogP contribution is 2.11. The molecule has 0 spiro atoms. The first kappa shape index (κ1) is 16.0. The summed E-state index contributed by atoms with van der Waals surface area (Å²) in [5.41, 5.74) is 6.52. The molecule has 1 aromatic carbocycles. The minimum atomic E-state index is -1.09. The van der Waals surface area contributed by atoms with Gasteiger partial charge in [0.15, 0.2) is 0 Å². The van der Waals surface area contributed by atoms with Crippen LogP contribution in [0.5, 0.6) is 5.75 Å². The molecule has 1 amide bonds. The van der Waals surface area contributed by atoms with Gasteiger partial charge < -0.3 is 21.3 Å². The number of hydrogen-bond donors (Lipinski definition) is 4. The number of aromatic hydroxyl groups is 1. The van der Waals surface area contributed by atoms with Gasteiger partial charge >= 0.3 is 5.97 Å². The Morgan fingerprint density at radius 1 is 1.30 bits per heavy atom. The molecule has 0 fully saturated rings. The fourth-order valence-electron chi connectivity index (χ4n) is 1.75. The molecule has 0 aliphatic carbocycles. The third-order valence-electron chi connectivity index (χ3n) is 2.92. The lowest BCUT2D eigenvalue weighted by molar-refractivity contribution is -0.139. The number of phenolic OH excluding ortho intramolecular Hbond substituents is 1. The van der Waals surface area contributed by atoms with Gasteiger partial charge in [0, 0.05) is 6.04 Å². The number of aliphatic carboxylic acids is 1. The van der Waals surface area contributed by atoms with E-state index in [-0.39, 0.29) is 18.2 Å². The van der Waals surface area contributed by atoms with Gasteiger partial charge in [-0.2, -0.15) is 0 Å². The first-order valence-corrected chi connectivity index (χ1v) is 6.44. The van der Waals surface area contributed by atoms with E-state index in [2.05, 4.69) is 5.32 Å². The fourth-order valence-corrected chi connectivity index (χ4v) is 1.75. The molecule has 20 heavy (non-hydrogen) atoms. The first-order valence-electron chi connectivity index (χ1n) is 6.44. The highest BCUT2D eigenvalue weighted by Gasteiger charge is 2.18. The van der Waals surface area contributed by atoms with Crippen molar-refractivity contribution < 1.29 is 19.8 Å². The highest BCUT2D eigenvalue weighted by atomic mass is 16.4. The number of aryl methyl sites for hydroxylation is 1. The highest BCUT2D eigenvalue weighted by molar-refractivity contribution is 5.86. The van der Waals surface area contributed by atoms with Crippen molar-refractivity contribution >= 4 is 11.9 Å². The average molecular weight is 280 g/mol. The Morgan fingerprint density at radius 3 is 2.45 bits per heavy atom. The SMILES string of the molecule is CC(CCc1ccc(O)cc1)NC(=O)C(N)CC(=O)O. The van der Waals surface area contributed by atoms with Crippen LogP contribution >= 0.6 is 0 Å². The largest absolute Gasteiger partial charge is 0.508 e. The minimum absolute atomic E-state index is 0.101. The van der Waals surface area contributed by atoms with Gasteiger partial charge in [0.2, 0.25) is 5.91 Å². The van der Waals surface area contributed by atoms with Crippen molar-refractivity contribution in [3.05, 3.63) is 29.8 Å². The zero-order valence-electron chi connectivity index (χ0n) is 11.4. The Labute approximate surface area is 117 Å². The lowest BCUT2D eigenvalue weighted by atomic mass is 10.1. The number of carboxylic acid groups (broad SMARTS) is 1. The molecule has 0 saturated carbocycles. The molecule has 2 unspecified atom stereocenters. The number of carboxylic acids is 1. The second-order valence-corrected chi connectivity index (χ2v) is 4.82. The summed E-state index contributed by atoms with van der Waals surface area (Å²) in [5, 5.41) is 20.4. The second kappa shape index (κ2) is 7.49. The van der Waals surface area contributed by atoms with E-state index in [1.165, 1.54) is 0 Å². The van der Waals surface area contributed by atoms with Crippen LogP contribution in [0, 0.1) is 0 Å². The smallest absolute Gasteiger partial charge is 0.305 e. The molecule has 0 aliphatic heterocycles. The average Bonchev–Trinajstić information content (AvgIpc) is 2.37.